The quantitative estimate of drug-likeness (QED) is 0.318. The summed E-state index contributed by atoms with van der Waals surface area (Å²) in [5, 5.41) is 13.5. The Kier molecular flexibility index (Phi) is 8.69. The highest BCUT2D eigenvalue weighted by Gasteiger charge is 2.24. The number of rotatable bonds is 10. The molecule has 0 spiro atoms. The lowest BCUT2D eigenvalue weighted by Crippen LogP contribution is -2.29. The molecule has 37 heavy (non-hydrogen) atoms. The highest BCUT2D eigenvalue weighted by molar-refractivity contribution is 7.99. The van der Waals surface area contributed by atoms with E-state index in [4.69, 9.17) is 14.3 Å². The van der Waals surface area contributed by atoms with Crippen molar-refractivity contribution < 1.29 is 23.8 Å². The first-order chi connectivity index (χ1) is 17.7. The van der Waals surface area contributed by atoms with Crippen molar-refractivity contribution in [3.63, 3.8) is 0 Å². The lowest BCUT2D eigenvalue weighted by atomic mass is 9.97. The van der Waals surface area contributed by atoms with Crippen LogP contribution in [-0.4, -0.2) is 53.1 Å². The first-order valence-electron chi connectivity index (χ1n) is 12.8. The number of nitrogens with zero attached hydrogens (tertiary/aromatic N) is 1. The van der Waals surface area contributed by atoms with Gasteiger partial charge in [0.25, 0.3) is 5.91 Å². The number of hydrogen-bond donors (Lipinski definition) is 2. The molecule has 1 amide bonds. The Morgan fingerprint density at radius 1 is 1.16 bits per heavy atom. The first-order valence-corrected chi connectivity index (χ1v) is 14.0. The molecule has 1 aliphatic heterocycles. The predicted octanol–water partition coefficient (Wildman–Crippen LogP) is 6.37. The number of aryl methyl sites for hydroxylation is 1. The van der Waals surface area contributed by atoms with Crippen LogP contribution in [-0.2, 0) is 4.79 Å². The van der Waals surface area contributed by atoms with Gasteiger partial charge in [-0.15, -0.1) is 0 Å². The molecule has 0 aliphatic carbocycles. The summed E-state index contributed by atoms with van der Waals surface area (Å²) in [6.07, 6.45) is 2.37. The van der Waals surface area contributed by atoms with Crippen LogP contribution in [0.2, 0.25) is 0 Å². The molecule has 2 heterocycles. The van der Waals surface area contributed by atoms with Crippen LogP contribution < -0.4 is 10.1 Å². The second-order valence-corrected chi connectivity index (χ2v) is 11.2. The van der Waals surface area contributed by atoms with E-state index in [9.17, 15) is 9.59 Å². The van der Waals surface area contributed by atoms with E-state index in [1.54, 1.807) is 19.2 Å². The lowest BCUT2D eigenvalue weighted by molar-refractivity contribution is -0.137. The standard InChI is InChI=1S/C29H36N2O5S/c1-18(2)27(30-21-7-5-20(6-8-21)29(34)31(4)14-11-26(32)33)28-19(3)24-17-23(9-10-25(24)36-28)35-22-12-15-37-16-13-22/h5-10,17-18,22,27,30H,11-16H2,1-4H3,(H,32,33). The molecule has 1 unspecified atom stereocenters. The molecule has 0 bridgehead atoms. The van der Waals surface area contributed by atoms with Gasteiger partial charge >= 0.3 is 5.97 Å². The van der Waals surface area contributed by atoms with Gasteiger partial charge in [0, 0.05) is 35.8 Å². The Morgan fingerprint density at radius 2 is 1.86 bits per heavy atom. The molecule has 8 heteroatoms. The van der Waals surface area contributed by atoms with Gasteiger partial charge in [-0.3, -0.25) is 9.59 Å². The number of thioether (sulfide) groups is 1. The van der Waals surface area contributed by atoms with E-state index >= 15 is 0 Å². The fraction of sp³-hybridized carbons (Fsp3) is 0.448. The molecule has 7 nitrogen and oxygen atoms in total. The van der Waals surface area contributed by atoms with Gasteiger partial charge < -0.3 is 24.5 Å². The molecule has 0 saturated carbocycles. The Morgan fingerprint density at radius 3 is 2.51 bits per heavy atom. The van der Waals surface area contributed by atoms with Crippen LogP contribution in [0.5, 0.6) is 5.75 Å². The van der Waals surface area contributed by atoms with Gasteiger partial charge in [0.15, 0.2) is 0 Å². The van der Waals surface area contributed by atoms with Crippen LogP contribution in [0.15, 0.2) is 46.9 Å². The molecule has 1 aliphatic rings. The zero-order valence-electron chi connectivity index (χ0n) is 22.0. The van der Waals surface area contributed by atoms with Crippen molar-refractivity contribution >= 4 is 40.3 Å². The molecule has 4 rings (SSSR count). The molecular weight excluding hydrogens is 488 g/mol. The normalized spacial score (nSPS) is 15.1. The summed E-state index contributed by atoms with van der Waals surface area (Å²) < 4.78 is 12.6. The summed E-state index contributed by atoms with van der Waals surface area (Å²) in [6.45, 7) is 6.56. The largest absolute Gasteiger partial charge is 0.490 e. The molecule has 2 N–H and O–H groups in total. The second-order valence-electron chi connectivity index (χ2n) is 9.99. The molecule has 2 aromatic carbocycles. The summed E-state index contributed by atoms with van der Waals surface area (Å²) in [4.78, 5) is 24.8. The Balaban J connectivity index is 1.49. The Hall–Kier alpha value is -3.13. The van der Waals surface area contributed by atoms with E-state index in [1.807, 2.05) is 36.0 Å². The van der Waals surface area contributed by atoms with Crippen LogP contribution in [0.1, 0.15) is 60.8 Å². The number of carbonyl (C=O) groups excluding carboxylic acids is 1. The predicted molar refractivity (Wildman–Crippen MR) is 149 cm³/mol. The van der Waals surface area contributed by atoms with Gasteiger partial charge in [-0.1, -0.05) is 13.8 Å². The number of amides is 1. The van der Waals surface area contributed by atoms with Crippen molar-refractivity contribution in [3.05, 3.63) is 59.4 Å². The minimum atomic E-state index is -0.924. The van der Waals surface area contributed by atoms with Crippen LogP contribution in [0.3, 0.4) is 0 Å². The van der Waals surface area contributed by atoms with Crippen molar-refractivity contribution in [2.75, 3.05) is 30.4 Å². The fourth-order valence-electron chi connectivity index (χ4n) is 4.58. The van der Waals surface area contributed by atoms with E-state index in [2.05, 4.69) is 32.2 Å². The Bertz CT molecular complexity index is 1230. The number of anilines is 1. The summed E-state index contributed by atoms with van der Waals surface area (Å²) in [5.74, 6) is 3.21. The van der Waals surface area contributed by atoms with E-state index < -0.39 is 5.97 Å². The van der Waals surface area contributed by atoms with E-state index in [0.717, 1.165) is 58.1 Å². The highest BCUT2D eigenvalue weighted by Crippen LogP contribution is 2.37. The van der Waals surface area contributed by atoms with Gasteiger partial charge in [-0.05, 0) is 79.7 Å². The molecule has 3 aromatic rings. The number of aliphatic carboxylic acids is 1. The molecule has 0 radical (unpaired) electrons. The topological polar surface area (TPSA) is 92.0 Å². The first kappa shape index (κ1) is 26.9. The zero-order chi connectivity index (χ0) is 26.5. The van der Waals surface area contributed by atoms with Crippen molar-refractivity contribution in [1.82, 2.24) is 4.90 Å². The molecule has 1 fully saturated rings. The smallest absolute Gasteiger partial charge is 0.305 e. The third-order valence-corrected chi connectivity index (χ3v) is 7.88. The van der Waals surface area contributed by atoms with Crippen LogP contribution in [0, 0.1) is 12.8 Å². The molecule has 1 aromatic heterocycles. The number of carboxylic acids is 1. The van der Waals surface area contributed by atoms with E-state index in [-0.39, 0.29) is 36.9 Å². The molecule has 1 saturated heterocycles. The summed E-state index contributed by atoms with van der Waals surface area (Å²) >= 11 is 1.99. The molecule has 198 valence electrons. The highest BCUT2D eigenvalue weighted by atomic mass is 32.2. The summed E-state index contributed by atoms with van der Waals surface area (Å²) in [7, 11) is 1.61. The maximum absolute atomic E-state index is 12.6. The number of ether oxygens (including phenoxy) is 1. The lowest BCUT2D eigenvalue weighted by Gasteiger charge is -2.23. The SMILES string of the molecule is Cc1c(C(Nc2ccc(C(=O)N(C)CCC(=O)O)cc2)C(C)C)oc2ccc(OC3CCSCC3)cc12. The van der Waals surface area contributed by atoms with E-state index in [1.165, 1.54) is 4.90 Å². The Labute approximate surface area is 222 Å². The molecular formula is C29H36N2O5S. The van der Waals surface area contributed by atoms with Crippen molar-refractivity contribution in [2.45, 2.75) is 52.2 Å². The number of nitrogens with one attached hydrogen (secondary N) is 1. The van der Waals surface area contributed by atoms with Gasteiger partial charge in [-0.25, -0.2) is 0 Å². The van der Waals surface area contributed by atoms with Crippen molar-refractivity contribution in [3.8, 4) is 5.75 Å². The number of fused-ring (bicyclic) bond motifs is 1. The number of carboxylic acid groups (broad SMARTS) is 1. The monoisotopic (exact) mass is 524 g/mol. The summed E-state index contributed by atoms with van der Waals surface area (Å²) in [6, 6.07) is 13.3. The van der Waals surface area contributed by atoms with Gasteiger partial charge in [-0.2, -0.15) is 11.8 Å². The zero-order valence-corrected chi connectivity index (χ0v) is 22.8. The summed E-state index contributed by atoms with van der Waals surface area (Å²) in [5.41, 5.74) is 3.33. The average molecular weight is 525 g/mol. The van der Waals surface area contributed by atoms with Crippen LogP contribution >= 0.6 is 11.8 Å². The average Bonchev–Trinajstić information content (AvgIpc) is 3.21. The van der Waals surface area contributed by atoms with Gasteiger partial charge in [0.2, 0.25) is 0 Å². The third kappa shape index (κ3) is 6.60. The maximum Gasteiger partial charge on any atom is 0.305 e. The maximum atomic E-state index is 12.6. The number of hydrogen-bond acceptors (Lipinski definition) is 6. The van der Waals surface area contributed by atoms with Crippen LogP contribution in [0.25, 0.3) is 11.0 Å². The second kappa shape index (κ2) is 11.9. The minimum absolute atomic E-state index is 0.0630. The fourth-order valence-corrected chi connectivity index (χ4v) is 5.65. The van der Waals surface area contributed by atoms with E-state index in [0.29, 0.717) is 5.56 Å². The number of carbonyl (C=O) groups is 2. The van der Waals surface area contributed by atoms with Crippen molar-refractivity contribution in [1.29, 1.82) is 0 Å². The number of benzene rings is 2. The van der Waals surface area contributed by atoms with Crippen LogP contribution in [0.4, 0.5) is 5.69 Å². The third-order valence-electron chi connectivity index (χ3n) is 6.83. The minimum Gasteiger partial charge on any atom is -0.490 e. The number of furan rings is 1. The van der Waals surface area contributed by atoms with Gasteiger partial charge in [0.1, 0.15) is 23.2 Å². The molecule has 1 atom stereocenters. The van der Waals surface area contributed by atoms with Gasteiger partial charge in [0.05, 0.1) is 12.5 Å². The van der Waals surface area contributed by atoms with Crippen molar-refractivity contribution in [2.24, 2.45) is 5.92 Å².